The van der Waals surface area contributed by atoms with Crippen molar-refractivity contribution in [3.05, 3.63) is 60.2 Å². The van der Waals surface area contributed by atoms with Crippen molar-refractivity contribution in [2.75, 3.05) is 32.0 Å². The molecule has 1 amide bonds. The average Bonchev–Trinajstić information content (AvgIpc) is 3.49. The third-order valence-corrected chi connectivity index (χ3v) is 9.03. The number of alkyl halides is 1. The molecule has 2 aromatic rings. The number of carbonyl (C=O) groups is 1. The maximum atomic E-state index is 13.5. The van der Waals surface area contributed by atoms with Gasteiger partial charge in [0.05, 0.1) is 35.4 Å². The van der Waals surface area contributed by atoms with Crippen molar-refractivity contribution in [3.8, 4) is 0 Å². The molecule has 9 nitrogen and oxygen atoms in total. The van der Waals surface area contributed by atoms with Gasteiger partial charge in [-0.1, -0.05) is 44.2 Å². The monoisotopic (exact) mass is 565 g/mol. The number of fused-ring (bicyclic) bond motifs is 1. The Labute approximate surface area is 229 Å². The molecule has 0 saturated carbocycles. The first-order chi connectivity index (χ1) is 18.1. The molecule has 0 bridgehead atoms. The van der Waals surface area contributed by atoms with Crippen LogP contribution in [0.4, 0.5) is 10.5 Å². The number of amides is 1. The first-order valence-electron chi connectivity index (χ1n) is 12.9. The summed E-state index contributed by atoms with van der Waals surface area (Å²) in [6, 6.07) is 15.1. The second-order valence-corrected chi connectivity index (χ2v) is 12.7. The van der Waals surface area contributed by atoms with Crippen LogP contribution >= 0.6 is 11.6 Å². The number of nitrogens with zero attached hydrogens (tertiary/aromatic N) is 1. The number of benzene rings is 2. The normalized spacial score (nSPS) is 22.8. The number of nitrogen functional groups attached to an aromatic ring is 1. The van der Waals surface area contributed by atoms with E-state index in [1.165, 1.54) is 16.4 Å². The highest BCUT2D eigenvalue weighted by Gasteiger charge is 2.44. The van der Waals surface area contributed by atoms with Gasteiger partial charge in [0, 0.05) is 18.8 Å². The van der Waals surface area contributed by atoms with E-state index in [2.05, 4.69) is 5.32 Å². The van der Waals surface area contributed by atoms with E-state index in [1.54, 1.807) is 12.1 Å². The van der Waals surface area contributed by atoms with E-state index < -0.39 is 33.6 Å². The number of hydrogen-bond donors (Lipinski definition) is 2. The summed E-state index contributed by atoms with van der Waals surface area (Å²) in [5.41, 5.74) is 7.19. The molecule has 4 rings (SSSR count). The summed E-state index contributed by atoms with van der Waals surface area (Å²) in [5, 5.41) is 2.16. The fraction of sp³-hybridized carbons (Fsp3) is 0.519. The van der Waals surface area contributed by atoms with Gasteiger partial charge >= 0.3 is 6.09 Å². The molecule has 3 N–H and O–H groups in total. The number of sulfonamides is 1. The first kappa shape index (κ1) is 28.6. The number of alkyl carbamates (subject to hydrolysis) is 1. The summed E-state index contributed by atoms with van der Waals surface area (Å²) in [7, 11) is -3.85. The third kappa shape index (κ3) is 7.18. The van der Waals surface area contributed by atoms with Crippen LogP contribution in [0.25, 0.3) is 0 Å². The number of carbonyl (C=O) groups excluding carboxylic acids is 1. The molecule has 0 aliphatic carbocycles. The van der Waals surface area contributed by atoms with Gasteiger partial charge in [0.15, 0.2) is 6.29 Å². The maximum absolute atomic E-state index is 13.5. The number of anilines is 1. The van der Waals surface area contributed by atoms with Crippen LogP contribution in [0.2, 0.25) is 0 Å². The van der Waals surface area contributed by atoms with E-state index >= 15 is 0 Å². The van der Waals surface area contributed by atoms with E-state index in [9.17, 15) is 13.2 Å². The van der Waals surface area contributed by atoms with Gasteiger partial charge in [0.2, 0.25) is 10.0 Å². The van der Waals surface area contributed by atoms with Crippen LogP contribution in [-0.4, -0.2) is 68.9 Å². The highest BCUT2D eigenvalue weighted by Crippen LogP contribution is 2.33. The Morgan fingerprint density at radius 1 is 1.13 bits per heavy atom. The van der Waals surface area contributed by atoms with E-state index in [4.69, 9.17) is 31.5 Å². The lowest BCUT2D eigenvalue weighted by molar-refractivity contribution is -0.0907. The first-order valence-corrected chi connectivity index (χ1v) is 14.7. The molecular weight excluding hydrogens is 530 g/mol. The summed E-state index contributed by atoms with van der Waals surface area (Å²) in [6.45, 7) is 4.99. The van der Waals surface area contributed by atoms with Crippen molar-refractivity contribution >= 4 is 33.4 Å². The third-order valence-electron chi connectivity index (χ3n) is 6.75. The zero-order chi connectivity index (χ0) is 27.3. The van der Waals surface area contributed by atoms with Crippen LogP contribution in [0.3, 0.4) is 0 Å². The quantitative estimate of drug-likeness (QED) is 0.315. The zero-order valence-electron chi connectivity index (χ0n) is 21.7. The second-order valence-electron chi connectivity index (χ2n) is 10.2. The topological polar surface area (TPSA) is 120 Å². The molecule has 2 aliphatic heterocycles. The molecule has 2 saturated heterocycles. The van der Waals surface area contributed by atoms with Crippen LogP contribution in [0, 0.1) is 11.8 Å². The SMILES string of the molecule is CC(C)CN(C[C@@H](Cl)[C@H](Cc1ccccc1)NC(=O)O[C@H]1CO[C@H]2OCC[C@H]21)S(=O)(=O)c1ccc(N)cc1. The van der Waals surface area contributed by atoms with Gasteiger partial charge in [-0.15, -0.1) is 11.6 Å². The Kier molecular flexibility index (Phi) is 9.54. The Bertz CT molecular complexity index is 1170. The number of nitrogens with two attached hydrogens (primary N) is 1. The molecule has 2 fully saturated rings. The number of halogens is 1. The van der Waals surface area contributed by atoms with Crippen LogP contribution in [0.1, 0.15) is 25.8 Å². The number of hydrogen-bond acceptors (Lipinski definition) is 7. The largest absolute Gasteiger partial charge is 0.443 e. The Hall–Kier alpha value is -2.37. The fourth-order valence-corrected chi connectivity index (χ4v) is 6.83. The molecule has 2 aliphatic rings. The molecule has 0 aromatic heterocycles. The molecular formula is C27H36ClN3O6S. The predicted octanol–water partition coefficient (Wildman–Crippen LogP) is 3.62. The van der Waals surface area contributed by atoms with E-state index in [0.717, 1.165) is 12.0 Å². The van der Waals surface area contributed by atoms with Crippen molar-refractivity contribution in [1.29, 1.82) is 0 Å². The number of nitrogens with one attached hydrogen (secondary N) is 1. The lowest BCUT2D eigenvalue weighted by atomic mass is 10.0. The minimum atomic E-state index is -3.85. The molecule has 11 heteroatoms. The lowest BCUT2D eigenvalue weighted by Crippen LogP contribution is -2.49. The standard InChI is InChI=1S/C27H36ClN3O6S/c1-18(2)15-31(38(33,34)21-10-8-20(29)9-11-21)16-23(28)24(14-19-6-4-3-5-7-19)30-27(32)37-25-17-36-26-22(25)12-13-35-26/h3-11,18,22-26H,12-17,29H2,1-2H3,(H,30,32)/t22-,23+,24-,25-,26+/m0/s1. The second kappa shape index (κ2) is 12.7. The van der Waals surface area contributed by atoms with Crippen LogP contribution < -0.4 is 11.1 Å². The van der Waals surface area contributed by atoms with Crippen LogP contribution in [-0.2, 0) is 30.7 Å². The summed E-state index contributed by atoms with van der Waals surface area (Å²) in [5.74, 6) is 0.0589. The Morgan fingerprint density at radius 3 is 2.53 bits per heavy atom. The smallest absolute Gasteiger partial charge is 0.407 e. The summed E-state index contributed by atoms with van der Waals surface area (Å²) < 4.78 is 45.3. The van der Waals surface area contributed by atoms with Gasteiger partial charge in [-0.05, 0) is 48.6 Å². The van der Waals surface area contributed by atoms with Crippen molar-refractivity contribution in [2.45, 2.75) is 55.4 Å². The van der Waals surface area contributed by atoms with Gasteiger partial charge < -0.3 is 25.3 Å². The van der Waals surface area contributed by atoms with Gasteiger partial charge in [-0.3, -0.25) is 0 Å². The number of ether oxygens (including phenoxy) is 3. The molecule has 2 aromatic carbocycles. The maximum Gasteiger partial charge on any atom is 0.407 e. The van der Waals surface area contributed by atoms with Crippen molar-refractivity contribution in [2.24, 2.45) is 11.8 Å². The van der Waals surface area contributed by atoms with Crippen molar-refractivity contribution in [3.63, 3.8) is 0 Å². The van der Waals surface area contributed by atoms with Crippen LogP contribution in [0.15, 0.2) is 59.5 Å². The minimum absolute atomic E-state index is 0.00466. The highest BCUT2D eigenvalue weighted by atomic mass is 35.5. The highest BCUT2D eigenvalue weighted by molar-refractivity contribution is 7.89. The fourth-order valence-electron chi connectivity index (χ4n) is 4.80. The lowest BCUT2D eigenvalue weighted by Gasteiger charge is -2.30. The van der Waals surface area contributed by atoms with Gasteiger partial charge in [-0.25, -0.2) is 13.2 Å². The average molecular weight is 566 g/mol. The molecule has 208 valence electrons. The predicted molar refractivity (Wildman–Crippen MR) is 145 cm³/mol. The van der Waals surface area contributed by atoms with E-state index in [0.29, 0.717) is 18.7 Å². The molecule has 0 unspecified atom stereocenters. The number of rotatable bonds is 11. The summed E-state index contributed by atoms with van der Waals surface area (Å²) in [6.07, 6.45) is -0.192. The minimum Gasteiger partial charge on any atom is -0.443 e. The van der Waals surface area contributed by atoms with Crippen LogP contribution in [0.5, 0.6) is 0 Å². The summed E-state index contributed by atoms with van der Waals surface area (Å²) >= 11 is 6.90. The summed E-state index contributed by atoms with van der Waals surface area (Å²) in [4.78, 5) is 13.1. The van der Waals surface area contributed by atoms with Gasteiger partial charge in [0.1, 0.15) is 6.10 Å². The molecule has 0 spiro atoms. The Morgan fingerprint density at radius 2 is 1.84 bits per heavy atom. The van der Waals surface area contributed by atoms with Gasteiger partial charge in [-0.2, -0.15) is 4.31 Å². The molecule has 5 atom stereocenters. The zero-order valence-corrected chi connectivity index (χ0v) is 23.2. The molecule has 0 radical (unpaired) electrons. The van der Waals surface area contributed by atoms with Crippen molar-refractivity contribution in [1.82, 2.24) is 9.62 Å². The van der Waals surface area contributed by atoms with Gasteiger partial charge in [0.25, 0.3) is 0 Å². The van der Waals surface area contributed by atoms with E-state index in [1.807, 2.05) is 44.2 Å². The molecule has 2 heterocycles. The van der Waals surface area contributed by atoms with Crippen molar-refractivity contribution < 1.29 is 27.4 Å². The molecule has 38 heavy (non-hydrogen) atoms. The van der Waals surface area contributed by atoms with E-state index in [-0.39, 0.29) is 42.7 Å². The Balaban J connectivity index is 1.51.